The van der Waals surface area contributed by atoms with Gasteiger partial charge in [-0.3, -0.25) is 9.69 Å². The molecule has 0 aromatic heterocycles. The molecule has 0 radical (unpaired) electrons. The molecule has 20 heavy (non-hydrogen) atoms. The normalized spacial score (nSPS) is 15.8. The van der Waals surface area contributed by atoms with Crippen molar-refractivity contribution in [3.63, 3.8) is 0 Å². The highest BCUT2D eigenvalue weighted by Gasteiger charge is 2.13. The van der Waals surface area contributed by atoms with Crippen molar-refractivity contribution >= 4 is 5.91 Å². The second-order valence-corrected chi connectivity index (χ2v) is 4.88. The number of hydrogen-bond acceptors (Lipinski definition) is 4. The Kier molecular flexibility index (Phi) is 5.83. The number of benzene rings is 1. The third-order valence-electron chi connectivity index (χ3n) is 3.28. The lowest BCUT2D eigenvalue weighted by atomic mass is 10.2. The maximum absolute atomic E-state index is 11.9. The van der Waals surface area contributed by atoms with Crippen molar-refractivity contribution < 1.29 is 9.53 Å². The van der Waals surface area contributed by atoms with E-state index in [-0.39, 0.29) is 5.91 Å². The van der Waals surface area contributed by atoms with Gasteiger partial charge in [0.25, 0.3) is 0 Å². The number of hydrogen-bond donors (Lipinski definition) is 2. The highest BCUT2D eigenvalue weighted by atomic mass is 16.5. The topological polar surface area (TPSA) is 53.6 Å². The summed E-state index contributed by atoms with van der Waals surface area (Å²) >= 11 is 0. The molecule has 2 N–H and O–H groups in total. The van der Waals surface area contributed by atoms with Crippen LogP contribution in [0.4, 0.5) is 0 Å². The van der Waals surface area contributed by atoms with Gasteiger partial charge in [-0.2, -0.15) is 0 Å². The van der Waals surface area contributed by atoms with Crippen molar-refractivity contribution in [1.29, 1.82) is 0 Å². The average Bonchev–Trinajstić information content (AvgIpc) is 2.47. The molecule has 0 spiro atoms. The van der Waals surface area contributed by atoms with Gasteiger partial charge in [0.05, 0.1) is 13.2 Å². The third kappa shape index (κ3) is 4.83. The van der Waals surface area contributed by atoms with E-state index in [1.165, 1.54) is 0 Å². The SMILES string of the molecule is CCOc1cccc(CNC(=O)CN2CCNCC2)c1. The predicted octanol–water partition coefficient (Wildman–Crippen LogP) is 0.607. The van der Waals surface area contributed by atoms with Crippen LogP contribution >= 0.6 is 0 Å². The Balaban J connectivity index is 1.76. The summed E-state index contributed by atoms with van der Waals surface area (Å²) in [4.78, 5) is 14.1. The van der Waals surface area contributed by atoms with E-state index in [0.717, 1.165) is 37.5 Å². The van der Waals surface area contributed by atoms with Gasteiger partial charge in [-0.15, -0.1) is 0 Å². The van der Waals surface area contributed by atoms with Crippen molar-refractivity contribution in [2.45, 2.75) is 13.5 Å². The maximum atomic E-state index is 11.9. The first-order chi connectivity index (χ1) is 9.78. The van der Waals surface area contributed by atoms with Gasteiger partial charge in [-0.1, -0.05) is 12.1 Å². The van der Waals surface area contributed by atoms with Gasteiger partial charge in [0, 0.05) is 32.7 Å². The zero-order valence-corrected chi connectivity index (χ0v) is 12.0. The van der Waals surface area contributed by atoms with Crippen LogP contribution in [-0.4, -0.2) is 50.1 Å². The predicted molar refractivity (Wildman–Crippen MR) is 78.8 cm³/mol. The van der Waals surface area contributed by atoms with E-state index >= 15 is 0 Å². The second-order valence-electron chi connectivity index (χ2n) is 4.88. The van der Waals surface area contributed by atoms with Crippen LogP contribution in [0.25, 0.3) is 0 Å². The van der Waals surface area contributed by atoms with Crippen LogP contribution in [-0.2, 0) is 11.3 Å². The Hall–Kier alpha value is -1.59. The molecule has 1 heterocycles. The number of nitrogens with one attached hydrogen (secondary N) is 2. The van der Waals surface area contributed by atoms with Crippen LogP contribution in [0.15, 0.2) is 24.3 Å². The van der Waals surface area contributed by atoms with Crippen molar-refractivity contribution in [2.75, 3.05) is 39.3 Å². The maximum Gasteiger partial charge on any atom is 0.234 e. The molecule has 0 aliphatic carbocycles. The monoisotopic (exact) mass is 277 g/mol. The zero-order chi connectivity index (χ0) is 14.2. The van der Waals surface area contributed by atoms with Crippen molar-refractivity contribution in [3.05, 3.63) is 29.8 Å². The molecule has 0 bridgehead atoms. The van der Waals surface area contributed by atoms with E-state index < -0.39 is 0 Å². The highest BCUT2D eigenvalue weighted by Crippen LogP contribution is 2.12. The summed E-state index contributed by atoms with van der Waals surface area (Å²) in [5.41, 5.74) is 1.06. The Morgan fingerprint density at radius 3 is 2.95 bits per heavy atom. The summed E-state index contributed by atoms with van der Waals surface area (Å²) in [7, 11) is 0. The van der Waals surface area contributed by atoms with E-state index in [9.17, 15) is 4.79 Å². The molecule has 1 aliphatic heterocycles. The lowest BCUT2D eigenvalue weighted by molar-refractivity contribution is -0.122. The lowest BCUT2D eigenvalue weighted by Crippen LogP contribution is -2.47. The molecule has 1 fully saturated rings. The zero-order valence-electron chi connectivity index (χ0n) is 12.0. The molecular formula is C15H23N3O2. The Bertz CT molecular complexity index is 431. The van der Waals surface area contributed by atoms with Gasteiger partial charge in [-0.25, -0.2) is 0 Å². The van der Waals surface area contributed by atoms with Gasteiger partial charge in [-0.05, 0) is 24.6 Å². The number of amides is 1. The highest BCUT2D eigenvalue weighted by molar-refractivity contribution is 5.78. The van der Waals surface area contributed by atoms with Crippen molar-refractivity contribution in [2.24, 2.45) is 0 Å². The van der Waals surface area contributed by atoms with Crippen LogP contribution in [0, 0.1) is 0 Å². The smallest absolute Gasteiger partial charge is 0.234 e. The summed E-state index contributed by atoms with van der Waals surface area (Å²) in [6, 6.07) is 7.83. The molecule has 5 nitrogen and oxygen atoms in total. The summed E-state index contributed by atoms with van der Waals surface area (Å²) < 4.78 is 5.45. The number of carbonyl (C=O) groups excluding carboxylic acids is 1. The summed E-state index contributed by atoms with van der Waals surface area (Å²) in [6.07, 6.45) is 0. The molecule has 1 saturated heterocycles. The van der Waals surface area contributed by atoms with Crippen molar-refractivity contribution in [3.8, 4) is 5.75 Å². The van der Waals surface area contributed by atoms with Gasteiger partial charge < -0.3 is 15.4 Å². The number of nitrogens with zero attached hydrogens (tertiary/aromatic N) is 1. The van der Waals surface area contributed by atoms with Crippen LogP contribution in [0.2, 0.25) is 0 Å². The quantitative estimate of drug-likeness (QED) is 0.800. The third-order valence-corrected chi connectivity index (χ3v) is 3.28. The van der Waals surface area contributed by atoms with E-state index in [4.69, 9.17) is 4.74 Å². The van der Waals surface area contributed by atoms with E-state index in [0.29, 0.717) is 19.7 Å². The second kappa shape index (κ2) is 7.87. The number of carbonyl (C=O) groups is 1. The Morgan fingerprint density at radius 2 is 2.20 bits per heavy atom. The first kappa shape index (κ1) is 14.8. The number of rotatable bonds is 6. The molecule has 1 aromatic carbocycles. The van der Waals surface area contributed by atoms with Crippen LogP contribution in [0.1, 0.15) is 12.5 Å². The minimum absolute atomic E-state index is 0.0775. The molecule has 1 aliphatic rings. The van der Waals surface area contributed by atoms with Gasteiger partial charge in [0.15, 0.2) is 0 Å². The molecule has 110 valence electrons. The van der Waals surface area contributed by atoms with E-state index in [1.807, 2.05) is 31.2 Å². The molecular weight excluding hydrogens is 254 g/mol. The number of piperazine rings is 1. The van der Waals surface area contributed by atoms with Crippen molar-refractivity contribution in [1.82, 2.24) is 15.5 Å². The summed E-state index contributed by atoms with van der Waals surface area (Å²) in [6.45, 7) is 7.44. The van der Waals surface area contributed by atoms with Crippen LogP contribution in [0.5, 0.6) is 5.75 Å². The fourth-order valence-corrected chi connectivity index (χ4v) is 2.24. The first-order valence-corrected chi connectivity index (χ1v) is 7.19. The Morgan fingerprint density at radius 1 is 1.40 bits per heavy atom. The minimum Gasteiger partial charge on any atom is -0.494 e. The number of ether oxygens (including phenoxy) is 1. The molecule has 0 atom stereocenters. The summed E-state index contributed by atoms with van der Waals surface area (Å²) in [5.74, 6) is 0.926. The molecule has 0 unspecified atom stereocenters. The van der Waals surface area contributed by atoms with Gasteiger partial charge in [0.2, 0.25) is 5.91 Å². The molecule has 5 heteroatoms. The van der Waals surface area contributed by atoms with Crippen LogP contribution in [0.3, 0.4) is 0 Å². The largest absolute Gasteiger partial charge is 0.494 e. The fourth-order valence-electron chi connectivity index (χ4n) is 2.24. The Labute approximate surface area is 120 Å². The average molecular weight is 277 g/mol. The first-order valence-electron chi connectivity index (χ1n) is 7.19. The fraction of sp³-hybridized carbons (Fsp3) is 0.533. The van der Waals surface area contributed by atoms with E-state index in [1.54, 1.807) is 0 Å². The molecule has 1 aromatic rings. The molecule has 2 rings (SSSR count). The van der Waals surface area contributed by atoms with Gasteiger partial charge in [0.1, 0.15) is 5.75 Å². The van der Waals surface area contributed by atoms with Crippen LogP contribution < -0.4 is 15.4 Å². The minimum atomic E-state index is 0.0775. The standard InChI is InChI=1S/C15H23N3O2/c1-2-20-14-5-3-4-13(10-14)11-17-15(19)12-18-8-6-16-7-9-18/h3-5,10,16H,2,6-9,11-12H2,1H3,(H,17,19). The van der Waals surface area contributed by atoms with Gasteiger partial charge >= 0.3 is 0 Å². The molecule has 1 amide bonds. The lowest BCUT2D eigenvalue weighted by Gasteiger charge is -2.26. The van der Waals surface area contributed by atoms with E-state index in [2.05, 4.69) is 15.5 Å². The summed E-state index contributed by atoms with van der Waals surface area (Å²) in [5, 5.41) is 6.24. The molecule has 0 saturated carbocycles.